The van der Waals surface area contributed by atoms with Gasteiger partial charge in [0.25, 0.3) is 0 Å². The Bertz CT molecular complexity index is 407. The second-order valence-electron chi connectivity index (χ2n) is 7.90. The Hall–Kier alpha value is -1.32. The SMILES string of the molecule is CCCCCCCC/C=C\CCCCCCCC(=O)N(CCCC)CC(=O)O. The maximum Gasteiger partial charge on any atom is 0.323 e. The smallest absolute Gasteiger partial charge is 0.323 e. The zero-order valence-corrected chi connectivity index (χ0v) is 18.6. The Labute approximate surface area is 173 Å². The van der Waals surface area contributed by atoms with Crippen molar-refractivity contribution in [1.29, 1.82) is 0 Å². The van der Waals surface area contributed by atoms with Crippen molar-refractivity contribution in [3.63, 3.8) is 0 Å². The van der Waals surface area contributed by atoms with E-state index in [0.717, 1.165) is 38.5 Å². The normalized spacial score (nSPS) is 11.2. The van der Waals surface area contributed by atoms with Crippen LogP contribution in [0.3, 0.4) is 0 Å². The molecule has 0 bridgehead atoms. The van der Waals surface area contributed by atoms with E-state index in [4.69, 9.17) is 5.11 Å². The molecule has 4 heteroatoms. The molecule has 0 rings (SSSR count). The summed E-state index contributed by atoms with van der Waals surface area (Å²) in [6.45, 7) is 4.71. The number of amides is 1. The molecule has 0 saturated carbocycles. The van der Waals surface area contributed by atoms with Crippen LogP contribution in [0.2, 0.25) is 0 Å². The maximum atomic E-state index is 12.2. The van der Waals surface area contributed by atoms with Crippen molar-refractivity contribution in [3.8, 4) is 0 Å². The molecule has 0 aliphatic carbocycles. The van der Waals surface area contributed by atoms with Gasteiger partial charge in [-0.05, 0) is 38.5 Å². The van der Waals surface area contributed by atoms with Gasteiger partial charge in [-0.15, -0.1) is 0 Å². The summed E-state index contributed by atoms with van der Waals surface area (Å²) in [5, 5.41) is 8.94. The second kappa shape index (κ2) is 20.4. The molecule has 4 nitrogen and oxygen atoms in total. The Kier molecular flexibility index (Phi) is 19.5. The summed E-state index contributed by atoms with van der Waals surface area (Å²) >= 11 is 0. The number of carbonyl (C=O) groups is 2. The number of rotatable bonds is 20. The zero-order chi connectivity index (χ0) is 20.9. The van der Waals surface area contributed by atoms with Gasteiger partial charge in [0, 0.05) is 13.0 Å². The lowest BCUT2D eigenvalue weighted by Crippen LogP contribution is -2.36. The third kappa shape index (κ3) is 18.1. The van der Waals surface area contributed by atoms with Crippen LogP contribution in [0.15, 0.2) is 12.2 Å². The molecule has 0 aromatic rings. The first-order valence-corrected chi connectivity index (χ1v) is 11.8. The molecule has 0 radical (unpaired) electrons. The van der Waals surface area contributed by atoms with E-state index < -0.39 is 5.97 Å². The van der Waals surface area contributed by atoms with E-state index >= 15 is 0 Å². The molecule has 0 fully saturated rings. The molecule has 28 heavy (non-hydrogen) atoms. The van der Waals surface area contributed by atoms with Crippen molar-refractivity contribution in [3.05, 3.63) is 12.2 Å². The number of hydrogen-bond donors (Lipinski definition) is 1. The Morgan fingerprint density at radius 3 is 1.75 bits per heavy atom. The van der Waals surface area contributed by atoms with Gasteiger partial charge in [-0.1, -0.05) is 83.8 Å². The summed E-state index contributed by atoms with van der Waals surface area (Å²) in [5.74, 6) is -0.928. The summed E-state index contributed by atoms with van der Waals surface area (Å²) in [6, 6.07) is 0. The van der Waals surface area contributed by atoms with Gasteiger partial charge in [0.2, 0.25) is 5.91 Å². The van der Waals surface area contributed by atoms with Gasteiger partial charge in [0.15, 0.2) is 0 Å². The highest BCUT2D eigenvalue weighted by Crippen LogP contribution is 2.11. The molecular weight excluding hydrogens is 350 g/mol. The summed E-state index contributed by atoms with van der Waals surface area (Å²) in [6.07, 6.45) is 23.1. The third-order valence-corrected chi connectivity index (χ3v) is 5.11. The number of carboxylic acids is 1. The first kappa shape index (κ1) is 26.7. The average molecular weight is 396 g/mol. The minimum atomic E-state index is -0.922. The van der Waals surface area contributed by atoms with Gasteiger partial charge < -0.3 is 10.0 Å². The fraction of sp³-hybridized carbons (Fsp3) is 0.833. The predicted octanol–water partition coefficient (Wildman–Crippen LogP) is 6.74. The van der Waals surface area contributed by atoms with Gasteiger partial charge in [-0.2, -0.15) is 0 Å². The largest absolute Gasteiger partial charge is 0.480 e. The molecule has 0 heterocycles. The van der Waals surface area contributed by atoms with Crippen LogP contribution in [0.25, 0.3) is 0 Å². The van der Waals surface area contributed by atoms with E-state index in [0.29, 0.717) is 13.0 Å². The van der Waals surface area contributed by atoms with Gasteiger partial charge in [0.05, 0.1) is 0 Å². The van der Waals surface area contributed by atoms with Crippen LogP contribution in [0.1, 0.15) is 117 Å². The molecule has 1 amide bonds. The minimum absolute atomic E-state index is 0.00604. The van der Waals surface area contributed by atoms with Crippen LogP contribution in [0, 0.1) is 0 Å². The maximum absolute atomic E-state index is 12.2. The number of aliphatic carboxylic acids is 1. The summed E-state index contributed by atoms with van der Waals surface area (Å²) < 4.78 is 0. The number of carbonyl (C=O) groups excluding carboxylic acids is 1. The molecule has 0 saturated heterocycles. The van der Waals surface area contributed by atoms with Crippen molar-refractivity contribution in [1.82, 2.24) is 4.90 Å². The van der Waals surface area contributed by atoms with Crippen molar-refractivity contribution < 1.29 is 14.7 Å². The molecule has 0 spiro atoms. The lowest BCUT2D eigenvalue weighted by atomic mass is 10.1. The molecular formula is C24H45NO3. The van der Waals surface area contributed by atoms with Crippen LogP contribution in [0.5, 0.6) is 0 Å². The number of unbranched alkanes of at least 4 members (excludes halogenated alkanes) is 12. The summed E-state index contributed by atoms with van der Waals surface area (Å²) in [4.78, 5) is 24.6. The van der Waals surface area contributed by atoms with Gasteiger partial charge >= 0.3 is 5.97 Å². The number of nitrogens with zero attached hydrogens (tertiary/aromatic N) is 1. The lowest BCUT2D eigenvalue weighted by molar-refractivity contribution is -0.144. The highest BCUT2D eigenvalue weighted by molar-refractivity contribution is 5.81. The van der Waals surface area contributed by atoms with Gasteiger partial charge in [-0.3, -0.25) is 9.59 Å². The van der Waals surface area contributed by atoms with Gasteiger partial charge in [-0.25, -0.2) is 0 Å². The number of carboxylic acid groups (broad SMARTS) is 1. The van der Waals surface area contributed by atoms with Crippen LogP contribution in [-0.4, -0.2) is 35.0 Å². The molecule has 0 aromatic heterocycles. The molecule has 0 aliphatic rings. The standard InChI is InChI=1S/C24H45NO3/c1-3-5-7-8-9-10-11-12-13-14-15-16-17-18-19-20-23(26)25(21-6-4-2)22-24(27)28/h12-13H,3-11,14-22H2,1-2H3,(H,27,28)/b13-12-. The summed E-state index contributed by atoms with van der Waals surface area (Å²) in [7, 11) is 0. The second-order valence-corrected chi connectivity index (χ2v) is 7.90. The predicted molar refractivity (Wildman–Crippen MR) is 119 cm³/mol. The molecule has 0 atom stereocenters. The molecule has 0 aromatic carbocycles. The average Bonchev–Trinajstić information content (AvgIpc) is 2.67. The molecule has 1 N–H and O–H groups in total. The summed E-state index contributed by atoms with van der Waals surface area (Å²) in [5.41, 5.74) is 0. The van der Waals surface area contributed by atoms with Crippen LogP contribution in [-0.2, 0) is 9.59 Å². The number of hydrogen-bond acceptors (Lipinski definition) is 2. The van der Waals surface area contributed by atoms with E-state index in [1.807, 2.05) is 6.92 Å². The van der Waals surface area contributed by atoms with Crippen LogP contribution in [0.4, 0.5) is 0 Å². The fourth-order valence-electron chi connectivity index (χ4n) is 3.31. The van der Waals surface area contributed by atoms with E-state index in [-0.39, 0.29) is 12.5 Å². The first-order chi connectivity index (χ1) is 13.6. The Morgan fingerprint density at radius 2 is 1.21 bits per heavy atom. The fourth-order valence-corrected chi connectivity index (χ4v) is 3.31. The highest BCUT2D eigenvalue weighted by atomic mass is 16.4. The number of allylic oxidation sites excluding steroid dienone is 2. The molecule has 0 unspecified atom stereocenters. The first-order valence-electron chi connectivity index (χ1n) is 11.8. The lowest BCUT2D eigenvalue weighted by Gasteiger charge is -2.20. The molecule has 164 valence electrons. The van der Waals surface area contributed by atoms with Crippen molar-refractivity contribution in [2.45, 2.75) is 117 Å². The van der Waals surface area contributed by atoms with Gasteiger partial charge in [0.1, 0.15) is 6.54 Å². The monoisotopic (exact) mass is 395 g/mol. The van der Waals surface area contributed by atoms with Crippen LogP contribution >= 0.6 is 0 Å². The van der Waals surface area contributed by atoms with E-state index in [1.165, 1.54) is 62.7 Å². The van der Waals surface area contributed by atoms with Crippen LogP contribution < -0.4 is 0 Å². The third-order valence-electron chi connectivity index (χ3n) is 5.11. The topological polar surface area (TPSA) is 57.6 Å². The van der Waals surface area contributed by atoms with E-state index in [9.17, 15) is 9.59 Å². The zero-order valence-electron chi connectivity index (χ0n) is 18.6. The molecule has 0 aliphatic heterocycles. The highest BCUT2D eigenvalue weighted by Gasteiger charge is 2.15. The minimum Gasteiger partial charge on any atom is -0.480 e. The van der Waals surface area contributed by atoms with Crippen molar-refractivity contribution in [2.75, 3.05) is 13.1 Å². The van der Waals surface area contributed by atoms with Crippen molar-refractivity contribution in [2.24, 2.45) is 0 Å². The quantitative estimate of drug-likeness (QED) is 0.183. The van der Waals surface area contributed by atoms with E-state index in [1.54, 1.807) is 0 Å². The Balaban J connectivity index is 3.55. The van der Waals surface area contributed by atoms with E-state index in [2.05, 4.69) is 19.1 Å². The van der Waals surface area contributed by atoms with Crippen molar-refractivity contribution >= 4 is 11.9 Å². The Morgan fingerprint density at radius 1 is 0.714 bits per heavy atom.